The molecule has 0 radical (unpaired) electrons. The number of ether oxygens (including phenoxy) is 1. The van der Waals surface area contributed by atoms with Crippen molar-refractivity contribution in [1.82, 2.24) is 49.1 Å². The second kappa shape index (κ2) is 15.1. The normalized spacial score (nSPS) is 14.9. The van der Waals surface area contributed by atoms with Gasteiger partial charge < -0.3 is 21.3 Å². The first-order chi connectivity index (χ1) is 25.0. The van der Waals surface area contributed by atoms with Gasteiger partial charge in [-0.05, 0) is 32.6 Å². The molecule has 20 nitrogen and oxygen atoms in total. The van der Waals surface area contributed by atoms with Crippen molar-refractivity contribution in [2.75, 3.05) is 18.1 Å². The second-order valence-electron chi connectivity index (χ2n) is 12.3. The minimum absolute atomic E-state index is 0.124. The summed E-state index contributed by atoms with van der Waals surface area (Å²) in [5.74, 6) is 0.626. The van der Waals surface area contributed by atoms with Gasteiger partial charge in [0.05, 0.1) is 41.5 Å². The number of hydrogen-bond donors (Lipinski definition) is 3. The number of aryl methyl sites for hydroxylation is 4. The molecule has 20 heteroatoms. The molecule has 5 N–H and O–H groups in total. The second-order valence-corrected chi connectivity index (χ2v) is 12.3. The Labute approximate surface area is 297 Å². The number of anilines is 2. The van der Waals surface area contributed by atoms with Crippen LogP contribution >= 0.6 is 0 Å². The van der Waals surface area contributed by atoms with Crippen LogP contribution in [-0.4, -0.2) is 84.6 Å². The molecule has 1 fully saturated rings. The van der Waals surface area contributed by atoms with Crippen LogP contribution in [0.2, 0.25) is 0 Å². The molecule has 0 bridgehead atoms. The Hall–Kier alpha value is -6.02. The summed E-state index contributed by atoms with van der Waals surface area (Å²) in [7, 11) is 3.28. The average Bonchev–Trinajstić information content (AvgIpc) is 3.60. The zero-order valence-electron chi connectivity index (χ0n) is 29.5. The predicted molar refractivity (Wildman–Crippen MR) is 187 cm³/mol. The topological polar surface area (TPSA) is 265 Å². The summed E-state index contributed by atoms with van der Waals surface area (Å²) >= 11 is 0. The maximum atomic E-state index is 12.7. The first kappa shape index (κ1) is 35.8. The molecule has 52 heavy (non-hydrogen) atoms. The number of epoxide rings is 1. The van der Waals surface area contributed by atoms with Gasteiger partial charge in [0.15, 0.2) is 57.8 Å². The first-order valence-corrected chi connectivity index (χ1v) is 16.9. The lowest BCUT2D eigenvalue weighted by Gasteiger charge is -2.06. The molecular formula is C32H40N16O4. The van der Waals surface area contributed by atoms with Gasteiger partial charge in [-0.15, -0.1) is 20.5 Å². The molecular weight excluding hydrogens is 672 g/mol. The Morgan fingerprint density at radius 3 is 1.81 bits per heavy atom. The quantitative estimate of drug-likeness (QED) is 0.0740. The van der Waals surface area contributed by atoms with E-state index in [4.69, 9.17) is 26.4 Å². The van der Waals surface area contributed by atoms with E-state index in [2.05, 4.69) is 54.5 Å². The predicted octanol–water partition coefficient (Wildman–Crippen LogP) is 4.14. The smallest absolute Gasteiger partial charge is 0.199 e. The van der Waals surface area contributed by atoms with Crippen LogP contribution in [0.3, 0.4) is 0 Å². The summed E-state index contributed by atoms with van der Waals surface area (Å²) in [4.78, 5) is 34.1. The number of aliphatic hydroxyl groups excluding tert-OH is 1. The number of carbonyl (C=O) groups excluding carboxylic acids is 2. The number of hydrogen-bond acceptors (Lipinski definition) is 16. The zero-order valence-corrected chi connectivity index (χ0v) is 29.5. The fourth-order valence-corrected chi connectivity index (χ4v) is 5.34. The molecule has 0 aromatic carbocycles. The molecule has 0 aliphatic carbocycles. The summed E-state index contributed by atoms with van der Waals surface area (Å²) in [6, 6.07) is 1.62. The van der Waals surface area contributed by atoms with Crippen LogP contribution in [0.5, 0.6) is 0 Å². The molecule has 2 unspecified atom stereocenters. The van der Waals surface area contributed by atoms with E-state index in [9.17, 15) is 14.7 Å². The maximum Gasteiger partial charge on any atom is 0.199 e. The molecule has 5 aromatic heterocycles. The van der Waals surface area contributed by atoms with Gasteiger partial charge in [0.1, 0.15) is 18.5 Å². The number of ketones is 2. The van der Waals surface area contributed by atoms with Crippen LogP contribution in [-0.2, 0) is 31.7 Å². The van der Waals surface area contributed by atoms with Crippen LogP contribution in [0.4, 0.5) is 34.6 Å². The summed E-state index contributed by atoms with van der Waals surface area (Å²) in [5, 5.41) is 45.2. The van der Waals surface area contributed by atoms with Crippen molar-refractivity contribution in [3.63, 3.8) is 0 Å². The minimum atomic E-state index is -1.24. The van der Waals surface area contributed by atoms with Gasteiger partial charge in [-0.25, -0.2) is 19.3 Å². The highest BCUT2D eigenvalue weighted by atomic mass is 16.6. The highest BCUT2D eigenvalue weighted by molar-refractivity contribution is 6.04. The number of nitrogens with zero attached hydrogens (tertiary/aromatic N) is 14. The fraction of sp³-hybridized carbons (Fsp3) is 0.438. The largest absolute Gasteiger partial charge is 0.385 e. The molecule has 1 saturated heterocycles. The van der Waals surface area contributed by atoms with Crippen molar-refractivity contribution in [3.05, 3.63) is 47.3 Å². The van der Waals surface area contributed by atoms with Crippen molar-refractivity contribution in [3.8, 4) is 11.6 Å². The van der Waals surface area contributed by atoms with Crippen LogP contribution < -0.4 is 11.5 Å². The van der Waals surface area contributed by atoms with Crippen molar-refractivity contribution < 1.29 is 19.4 Å². The summed E-state index contributed by atoms with van der Waals surface area (Å²) < 4.78 is 10.9. The summed E-state index contributed by atoms with van der Waals surface area (Å²) in [6.45, 7) is 5.85. The molecule has 0 saturated carbocycles. The third-order valence-electron chi connectivity index (χ3n) is 8.38. The van der Waals surface area contributed by atoms with E-state index in [1.54, 1.807) is 20.2 Å². The third-order valence-corrected chi connectivity index (χ3v) is 8.38. The van der Waals surface area contributed by atoms with E-state index >= 15 is 0 Å². The number of aliphatic hydroxyl groups is 1. The molecule has 6 rings (SSSR count). The van der Waals surface area contributed by atoms with E-state index in [1.807, 2.05) is 0 Å². The number of nitrogen functional groups attached to an aromatic ring is 2. The molecule has 272 valence electrons. The van der Waals surface area contributed by atoms with E-state index < -0.39 is 18.0 Å². The molecule has 1 aliphatic heterocycles. The number of azo groups is 2. The number of carbonyl (C=O) groups is 2. The van der Waals surface area contributed by atoms with Crippen LogP contribution in [0.1, 0.15) is 78.6 Å². The number of Topliss-reactive ketones (excluding diaryl/α,β-unsaturated/α-hetero) is 2. The number of rotatable bonds is 16. The average molecular weight is 713 g/mol. The maximum absolute atomic E-state index is 12.7. The standard InChI is InChI=1S/C32H40N16O4/c1-6-8-10-20-25(39-41-31-18(13-37-45(31)4)27(50)17(3)49)29(33)47(43-20)23-12-24(36-16-35-23)48-30(34)26(21(44-48)11-9-7-2)40-42-32-19(14-38-46(32)5)28(51)22-15-52-22/h12-14,16-17,22,49H,6-11,15,33-34H2,1-5H3. The number of aromatic nitrogens is 10. The number of unbranched alkanes of at least 4 members (excludes halogenated alkanes) is 2. The lowest BCUT2D eigenvalue weighted by Crippen LogP contribution is -2.15. The number of nitrogens with two attached hydrogens (primary N) is 2. The van der Waals surface area contributed by atoms with Crippen LogP contribution in [0.15, 0.2) is 45.2 Å². The van der Waals surface area contributed by atoms with Crippen LogP contribution in [0, 0.1) is 0 Å². The molecule has 0 spiro atoms. The Morgan fingerprint density at radius 2 is 1.35 bits per heavy atom. The molecule has 6 heterocycles. The molecule has 1 aliphatic rings. The Balaban J connectivity index is 1.37. The Bertz CT molecular complexity index is 2030. The van der Waals surface area contributed by atoms with E-state index in [1.165, 1.54) is 44.4 Å². The van der Waals surface area contributed by atoms with Gasteiger partial charge >= 0.3 is 0 Å². The third kappa shape index (κ3) is 7.10. The van der Waals surface area contributed by atoms with Gasteiger partial charge in [0.25, 0.3) is 0 Å². The SMILES string of the molecule is CCCCc1nn(-c2cc(-n3nc(CCCC)c(N=Nc4c(C(=O)C5CO5)cnn4C)c3N)ncn2)c(N)c1N=Nc1c(C(=O)C(C)O)cnn1C. The lowest BCUT2D eigenvalue weighted by molar-refractivity contribution is 0.0780. The molecule has 0 amide bonds. The molecule has 5 aromatic rings. The Morgan fingerprint density at radius 1 is 0.865 bits per heavy atom. The zero-order chi connectivity index (χ0) is 37.1. The van der Waals surface area contributed by atoms with Crippen molar-refractivity contribution >= 4 is 46.2 Å². The first-order valence-electron chi connectivity index (χ1n) is 16.9. The van der Waals surface area contributed by atoms with E-state index in [0.717, 1.165) is 25.7 Å². The highest BCUT2D eigenvalue weighted by Gasteiger charge is 2.35. The molecule has 2 atom stereocenters. The van der Waals surface area contributed by atoms with Gasteiger partial charge in [0.2, 0.25) is 0 Å². The summed E-state index contributed by atoms with van der Waals surface area (Å²) in [5.41, 5.74) is 15.5. The van der Waals surface area contributed by atoms with Crippen molar-refractivity contribution in [2.45, 2.75) is 71.5 Å². The lowest BCUT2D eigenvalue weighted by atomic mass is 10.1. The fourth-order valence-electron chi connectivity index (χ4n) is 5.34. The van der Waals surface area contributed by atoms with E-state index in [0.29, 0.717) is 59.4 Å². The van der Waals surface area contributed by atoms with Crippen molar-refractivity contribution in [2.24, 2.45) is 34.6 Å². The monoisotopic (exact) mass is 712 g/mol. The van der Waals surface area contributed by atoms with Gasteiger partial charge in [-0.3, -0.25) is 9.59 Å². The van der Waals surface area contributed by atoms with E-state index in [-0.39, 0.29) is 34.6 Å². The van der Waals surface area contributed by atoms with Gasteiger partial charge in [0, 0.05) is 20.2 Å². The van der Waals surface area contributed by atoms with Crippen molar-refractivity contribution in [1.29, 1.82) is 0 Å². The highest BCUT2D eigenvalue weighted by Crippen LogP contribution is 2.35. The van der Waals surface area contributed by atoms with Gasteiger partial charge in [-0.1, -0.05) is 26.7 Å². The summed E-state index contributed by atoms with van der Waals surface area (Å²) in [6.07, 6.45) is 6.90. The van der Waals surface area contributed by atoms with Crippen LogP contribution in [0.25, 0.3) is 11.6 Å². The Kier molecular flexibility index (Phi) is 10.4. The minimum Gasteiger partial charge on any atom is -0.385 e. The van der Waals surface area contributed by atoms with Gasteiger partial charge in [-0.2, -0.15) is 29.8 Å².